The fraction of sp³-hybridized carbons (Fsp3) is 0.278. The van der Waals surface area contributed by atoms with E-state index in [2.05, 4.69) is 46.2 Å². The number of hydrogen-bond acceptors (Lipinski definition) is 10. The predicted octanol–water partition coefficient (Wildman–Crippen LogP) is 1.69. The number of anilines is 3. The van der Waals surface area contributed by atoms with Gasteiger partial charge in [0.05, 0.1) is 11.4 Å². The molecule has 0 bridgehead atoms. The van der Waals surface area contributed by atoms with Crippen LogP contribution in [0.15, 0.2) is 42.1 Å². The Morgan fingerprint density at radius 1 is 1.06 bits per heavy atom. The third-order valence-corrected chi connectivity index (χ3v) is 5.01. The Morgan fingerprint density at radius 2 is 1.87 bits per heavy atom. The van der Waals surface area contributed by atoms with E-state index in [1.165, 1.54) is 18.1 Å². The molecule has 0 unspecified atom stereocenters. The molecule has 0 aliphatic heterocycles. The van der Waals surface area contributed by atoms with Gasteiger partial charge in [0, 0.05) is 18.8 Å². The lowest BCUT2D eigenvalue weighted by Gasteiger charge is -2.10. The van der Waals surface area contributed by atoms with Crippen molar-refractivity contribution in [1.82, 2.24) is 39.3 Å². The van der Waals surface area contributed by atoms with Crippen LogP contribution in [0.5, 0.6) is 0 Å². The Hall–Kier alpha value is -3.74. The van der Waals surface area contributed by atoms with Crippen LogP contribution in [0.1, 0.15) is 13.8 Å². The second kappa shape index (κ2) is 9.38. The molecule has 0 aliphatic rings. The molecule has 3 aromatic heterocycles. The quantitative estimate of drug-likeness (QED) is 0.330. The average Bonchev–Trinajstić information content (AvgIpc) is 3.44. The van der Waals surface area contributed by atoms with Crippen LogP contribution in [-0.4, -0.2) is 64.1 Å². The van der Waals surface area contributed by atoms with E-state index in [-0.39, 0.29) is 11.7 Å². The first-order chi connectivity index (χ1) is 15.2. The summed E-state index contributed by atoms with van der Waals surface area (Å²) in [5, 5.41) is 22.0. The number of nitrogens with one attached hydrogen (secondary N) is 3. The van der Waals surface area contributed by atoms with E-state index in [1.54, 1.807) is 15.4 Å². The van der Waals surface area contributed by atoms with Gasteiger partial charge in [-0.05, 0) is 38.1 Å². The molecule has 0 saturated heterocycles. The maximum absolute atomic E-state index is 12.4. The Morgan fingerprint density at radius 3 is 2.58 bits per heavy atom. The van der Waals surface area contributed by atoms with Crippen LogP contribution in [0.2, 0.25) is 0 Å². The van der Waals surface area contributed by atoms with Crippen LogP contribution in [0.3, 0.4) is 0 Å². The van der Waals surface area contributed by atoms with E-state index in [1.807, 2.05) is 38.1 Å². The molecule has 0 fully saturated rings. The molecular weight excluding hydrogens is 418 g/mol. The van der Waals surface area contributed by atoms with E-state index in [4.69, 9.17) is 0 Å². The fourth-order valence-electron chi connectivity index (χ4n) is 2.76. The molecule has 0 atom stereocenters. The summed E-state index contributed by atoms with van der Waals surface area (Å²) < 4.78 is 3.35. The van der Waals surface area contributed by atoms with Crippen molar-refractivity contribution in [2.75, 3.05) is 34.8 Å². The van der Waals surface area contributed by atoms with Gasteiger partial charge >= 0.3 is 0 Å². The molecule has 31 heavy (non-hydrogen) atoms. The first kappa shape index (κ1) is 20.5. The number of carbonyl (C=O) groups is 1. The fourth-order valence-corrected chi connectivity index (χ4v) is 3.49. The molecule has 1 amide bonds. The molecule has 1 aromatic carbocycles. The first-order valence-electron chi connectivity index (χ1n) is 9.66. The lowest BCUT2D eigenvalue weighted by atomic mass is 10.3. The molecule has 12 nitrogen and oxygen atoms in total. The smallest absolute Gasteiger partial charge is 0.261 e. The van der Waals surface area contributed by atoms with Crippen LogP contribution < -0.4 is 16.0 Å². The topological polar surface area (TPSA) is 140 Å². The summed E-state index contributed by atoms with van der Waals surface area (Å²) in [6, 6.07) is 7.33. The number of amides is 1. The maximum Gasteiger partial charge on any atom is 0.261 e. The van der Waals surface area contributed by atoms with Crippen LogP contribution in [0.4, 0.5) is 17.6 Å². The summed E-state index contributed by atoms with van der Waals surface area (Å²) in [5.41, 5.74) is 1.54. The zero-order valence-corrected chi connectivity index (χ0v) is 17.8. The normalized spacial score (nSPS) is 10.9. The van der Waals surface area contributed by atoms with Crippen molar-refractivity contribution >= 4 is 41.0 Å². The minimum Gasteiger partial charge on any atom is -0.355 e. The van der Waals surface area contributed by atoms with Crippen molar-refractivity contribution in [3.05, 3.63) is 36.9 Å². The van der Waals surface area contributed by atoms with E-state index in [0.717, 1.165) is 5.69 Å². The summed E-state index contributed by atoms with van der Waals surface area (Å²) in [6.07, 6.45) is 3.08. The van der Waals surface area contributed by atoms with Gasteiger partial charge in [0.1, 0.15) is 12.7 Å². The number of nitrogens with zero attached hydrogens (tertiary/aromatic N) is 8. The highest BCUT2D eigenvalue weighted by Gasteiger charge is 2.16. The second-order valence-corrected chi connectivity index (χ2v) is 7.22. The van der Waals surface area contributed by atoms with Gasteiger partial charge in [0.2, 0.25) is 17.8 Å². The van der Waals surface area contributed by atoms with E-state index in [9.17, 15) is 4.79 Å². The molecule has 0 aliphatic carbocycles. The molecular formula is C18H21N11OS. The van der Waals surface area contributed by atoms with Crippen molar-refractivity contribution in [1.29, 1.82) is 0 Å². The number of carbonyl (C=O) groups excluding carboxylic acids is 1. The number of rotatable bonds is 9. The van der Waals surface area contributed by atoms with Gasteiger partial charge in [0.15, 0.2) is 5.16 Å². The van der Waals surface area contributed by atoms with Crippen LogP contribution in [-0.2, 0) is 4.79 Å². The molecule has 0 radical (unpaired) electrons. The highest BCUT2D eigenvalue weighted by atomic mass is 32.2. The summed E-state index contributed by atoms with van der Waals surface area (Å²) in [5.74, 6) is 1.45. The number of hydrogen-bond donors (Lipinski definition) is 3. The molecule has 4 aromatic rings. The van der Waals surface area contributed by atoms with Gasteiger partial charge in [-0.2, -0.15) is 15.1 Å². The maximum atomic E-state index is 12.4. The SMILES string of the molecule is CCNc1nc(NCC)n2c(SCC(=O)Nc3ccc(-n4cncn4)cc3)nnc2n1. The van der Waals surface area contributed by atoms with Crippen molar-refractivity contribution in [2.45, 2.75) is 19.0 Å². The van der Waals surface area contributed by atoms with E-state index >= 15 is 0 Å². The summed E-state index contributed by atoms with van der Waals surface area (Å²) in [6.45, 7) is 5.30. The van der Waals surface area contributed by atoms with Crippen LogP contribution in [0, 0.1) is 0 Å². The third kappa shape index (κ3) is 4.71. The molecule has 13 heteroatoms. The molecule has 4 rings (SSSR count). The Bertz CT molecular complexity index is 1160. The molecule has 3 heterocycles. The predicted molar refractivity (Wildman–Crippen MR) is 118 cm³/mol. The van der Waals surface area contributed by atoms with Crippen molar-refractivity contribution < 1.29 is 4.79 Å². The lowest BCUT2D eigenvalue weighted by molar-refractivity contribution is -0.113. The minimum absolute atomic E-state index is 0.159. The Labute approximate surface area is 181 Å². The van der Waals surface area contributed by atoms with Gasteiger partial charge in [-0.1, -0.05) is 11.8 Å². The zero-order valence-electron chi connectivity index (χ0n) is 17.0. The largest absolute Gasteiger partial charge is 0.355 e. The van der Waals surface area contributed by atoms with Crippen molar-refractivity contribution in [2.24, 2.45) is 0 Å². The van der Waals surface area contributed by atoms with Gasteiger partial charge in [-0.3, -0.25) is 4.79 Å². The third-order valence-electron chi connectivity index (χ3n) is 4.08. The van der Waals surface area contributed by atoms with Gasteiger partial charge in [-0.15, -0.1) is 10.2 Å². The summed E-state index contributed by atoms with van der Waals surface area (Å²) >= 11 is 1.26. The monoisotopic (exact) mass is 439 g/mol. The molecule has 0 spiro atoms. The second-order valence-electron chi connectivity index (χ2n) is 6.27. The summed E-state index contributed by atoms with van der Waals surface area (Å²) in [7, 11) is 0. The first-order valence-corrected chi connectivity index (χ1v) is 10.6. The standard InChI is InChI=1S/C18H21N11OS/c1-3-20-15-24-16(21-4-2)29-17(25-15)26-27-18(29)31-9-14(30)23-12-5-7-13(8-6-12)28-11-19-10-22-28/h5-8,10-11H,3-4,9H2,1-2H3,(H,23,30)(H2,20,21,24,25,26). The van der Waals surface area contributed by atoms with Gasteiger partial charge < -0.3 is 16.0 Å². The van der Waals surface area contributed by atoms with Crippen molar-refractivity contribution in [3.8, 4) is 5.69 Å². The number of thioether (sulfide) groups is 1. The number of fused-ring (bicyclic) bond motifs is 1. The minimum atomic E-state index is -0.162. The van der Waals surface area contributed by atoms with Crippen LogP contribution in [0.25, 0.3) is 11.5 Å². The van der Waals surface area contributed by atoms with Crippen molar-refractivity contribution in [3.63, 3.8) is 0 Å². The Balaban J connectivity index is 1.43. The highest BCUT2D eigenvalue weighted by Crippen LogP contribution is 2.21. The summed E-state index contributed by atoms with van der Waals surface area (Å²) in [4.78, 5) is 25.2. The molecule has 0 saturated carbocycles. The van der Waals surface area contributed by atoms with E-state index < -0.39 is 0 Å². The number of benzene rings is 1. The lowest BCUT2D eigenvalue weighted by Crippen LogP contribution is -2.15. The zero-order chi connectivity index (χ0) is 21.6. The Kier molecular flexibility index (Phi) is 6.21. The average molecular weight is 440 g/mol. The van der Waals surface area contributed by atoms with Gasteiger partial charge in [0.25, 0.3) is 5.78 Å². The molecule has 160 valence electrons. The van der Waals surface area contributed by atoms with E-state index in [0.29, 0.717) is 41.6 Å². The van der Waals surface area contributed by atoms with Gasteiger partial charge in [-0.25, -0.2) is 14.1 Å². The molecule has 3 N–H and O–H groups in total. The van der Waals surface area contributed by atoms with Crippen LogP contribution >= 0.6 is 11.8 Å². The number of aromatic nitrogens is 8. The highest BCUT2D eigenvalue weighted by molar-refractivity contribution is 7.99.